The highest BCUT2D eigenvalue weighted by atomic mass is 16.2. The van der Waals surface area contributed by atoms with Crippen molar-refractivity contribution in [3.05, 3.63) is 60.3 Å². The van der Waals surface area contributed by atoms with Crippen LogP contribution in [0.5, 0.6) is 0 Å². The lowest BCUT2D eigenvalue weighted by atomic mass is 10.0. The number of nitrogens with zero attached hydrogens (tertiary/aromatic N) is 3. The molecule has 1 fully saturated rings. The molecule has 0 spiro atoms. The van der Waals surface area contributed by atoms with Crippen molar-refractivity contribution in [2.45, 2.75) is 6.04 Å². The van der Waals surface area contributed by atoms with E-state index < -0.39 is 0 Å². The van der Waals surface area contributed by atoms with Gasteiger partial charge in [0.2, 0.25) is 0 Å². The molecule has 1 aromatic carbocycles. The van der Waals surface area contributed by atoms with Gasteiger partial charge in [-0.3, -0.25) is 5.32 Å². The molecule has 1 aliphatic heterocycles. The maximum atomic E-state index is 12.6. The van der Waals surface area contributed by atoms with Gasteiger partial charge in [0.05, 0.1) is 6.04 Å². The zero-order valence-electron chi connectivity index (χ0n) is 12.6. The molecule has 0 aliphatic carbocycles. The summed E-state index contributed by atoms with van der Waals surface area (Å²) in [7, 11) is 2.09. The number of likely N-dealkylation sites (N-methyl/N-ethyl adjacent to an activating group) is 1. The molecule has 2 aromatic rings. The molecule has 114 valence electrons. The molecule has 1 saturated heterocycles. The normalized spacial score (nSPS) is 19.0. The highest BCUT2D eigenvalue weighted by molar-refractivity contribution is 5.88. The van der Waals surface area contributed by atoms with Gasteiger partial charge in [0.1, 0.15) is 5.82 Å². The molecule has 0 bridgehead atoms. The summed E-state index contributed by atoms with van der Waals surface area (Å²) < 4.78 is 0. The first kappa shape index (κ1) is 14.5. The number of urea groups is 1. The number of amides is 2. The molecule has 0 radical (unpaired) electrons. The Kier molecular flexibility index (Phi) is 4.34. The Hall–Kier alpha value is -2.40. The third-order valence-corrected chi connectivity index (χ3v) is 3.93. The second-order valence-electron chi connectivity index (χ2n) is 5.53. The van der Waals surface area contributed by atoms with Crippen molar-refractivity contribution >= 4 is 11.8 Å². The lowest BCUT2D eigenvalue weighted by Gasteiger charge is -2.40. The van der Waals surface area contributed by atoms with E-state index in [9.17, 15) is 4.79 Å². The van der Waals surface area contributed by atoms with Gasteiger partial charge in [0.15, 0.2) is 0 Å². The van der Waals surface area contributed by atoms with Gasteiger partial charge in [-0.05, 0) is 24.7 Å². The molecule has 3 rings (SSSR count). The molecule has 5 nitrogen and oxygen atoms in total. The Morgan fingerprint density at radius 1 is 1.14 bits per heavy atom. The number of hydrogen-bond donors (Lipinski definition) is 1. The van der Waals surface area contributed by atoms with Crippen LogP contribution in [0.25, 0.3) is 0 Å². The molecule has 1 aromatic heterocycles. The summed E-state index contributed by atoms with van der Waals surface area (Å²) in [6, 6.07) is 15.6. The minimum Gasteiger partial charge on any atom is -0.315 e. The Morgan fingerprint density at radius 2 is 1.91 bits per heavy atom. The number of benzene rings is 1. The molecule has 5 heteroatoms. The van der Waals surface area contributed by atoms with E-state index in [1.54, 1.807) is 12.3 Å². The summed E-state index contributed by atoms with van der Waals surface area (Å²) in [6.45, 7) is 2.41. The van der Waals surface area contributed by atoms with Gasteiger partial charge in [-0.25, -0.2) is 9.78 Å². The van der Waals surface area contributed by atoms with E-state index >= 15 is 0 Å². The van der Waals surface area contributed by atoms with E-state index in [1.165, 1.54) is 0 Å². The van der Waals surface area contributed by atoms with Gasteiger partial charge in [0, 0.05) is 25.8 Å². The molecule has 0 unspecified atom stereocenters. The van der Waals surface area contributed by atoms with E-state index in [2.05, 4.69) is 34.4 Å². The van der Waals surface area contributed by atoms with Crippen LogP contribution in [0, 0.1) is 0 Å². The van der Waals surface area contributed by atoms with Crippen molar-refractivity contribution in [3.8, 4) is 0 Å². The van der Waals surface area contributed by atoms with Crippen LogP contribution in [0.1, 0.15) is 11.6 Å². The van der Waals surface area contributed by atoms with E-state index in [1.807, 2.05) is 35.2 Å². The maximum absolute atomic E-state index is 12.6. The van der Waals surface area contributed by atoms with E-state index in [0.29, 0.717) is 12.4 Å². The average molecular weight is 296 g/mol. The van der Waals surface area contributed by atoms with Crippen LogP contribution in [-0.2, 0) is 0 Å². The van der Waals surface area contributed by atoms with Crippen molar-refractivity contribution < 1.29 is 4.79 Å². The average Bonchev–Trinajstić information content (AvgIpc) is 2.56. The molecular formula is C17H20N4O. The number of nitrogens with one attached hydrogen (secondary N) is 1. The summed E-state index contributed by atoms with van der Waals surface area (Å²) in [5.74, 6) is 0.582. The summed E-state index contributed by atoms with van der Waals surface area (Å²) in [4.78, 5) is 20.9. The van der Waals surface area contributed by atoms with Crippen LogP contribution in [-0.4, -0.2) is 47.5 Å². The van der Waals surface area contributed by atoms with Crippen molar-refractivity contribution in [3.63, 3.8) is 0 Å². The van der Waals surface area contributed by atoms with Crippen molar-refractivity contribution in [2.75, 3.05) is 32.0 Å². The van der Waals surface area contributed by atoms with Crippen molar-refractivity contribution in [2.24, 2.45) is 0 Å². The fourth-order valence-electron chi connectivity index (χ4n) is 2.74. The minimum absolute atomic E-state index is 0.0589. The van der Waals surface area contributed by atoms with Crippen LogP contribution in [0.2, 0.25) is 0 Å². The Balaban J connectivity index is 1.79. The lowest BCUT2D eigenvalue weighted by Crippen LogP contribution is -2.50. The van der Waals surface area contributed by atoms with Gasteiger partial charge in [0.25, 0.3) is 0 Å². The molecule has 2 amide bonds. The molecule has 1 atom stereocenters. The number of rotatable bonds is 2. The molecule has 1 aliphatic rings. The van der Waals surface area contributed by atoms with Crippen LogP contribution >= 0.6 is 0 Å². The number of pyridine rings is 1. The van der Waals surface area contributed by atoms with Gasteiger partial charge in [-0.1, -0.05) is 36.4 Å². The number of hydrogen-bond acceptors (Lipinski definition) is 3. The lowest BCUT2D eigenvalue weighted by molar-refractivity contribution is 0.116. The molecule has 22 heavy (non-hydrogen) atoms. The monoisotopic (exact) mass is 296 g/mol. The molecule has 1 N–H and O–H groups in total. The predicted molar refractivity (Wildman–Crippen MR) is 86.6 cm³/mol. The van der Waals surface area contributed by atoms with E-state index in [4.69, 9.17) is 0 Å². The third kappa shape index (κ3) is 3.26. The van der Waals surface area contributed by atoms with Gasteiger partial charge < -0.3 is 9.80 Å². The predicted octanol–water partition coefficient (Wildman–Crippen LogP) is 2.60. The number of anilines is 1. The summed E-state index contributed by atoms with van der Waals surface area (Å²) in [6.07, 6.45) is 1.67. The molecule has 0 saturated carbocycles. The Morgan fingerprint density at radius 3 is 2.64 bits per heavy atom. The first-order valence-electron chi connectivity index (χ1n) is 7.46. The Bertz CT molecular complexity index is 617. The molecular weight excluding hydrogens is 276 g/mol. The quantitative estimate of drug-likeness (QED) is 0.926. The summed E-state index contributed by atoms with van der Waals surface area (Å²) >= 11 is 0. The van der Waals surface area contributed by atoms with Crippen molar-refractivity contribution in [1.82, 2.24) is 14.8 Å². The highest BCUT2D eigenvalue weighted by Crippen LogP contribution is 2.25. The first-order valence-corrected chi connectivity index (χ1v) is 7.46. The second-order valence-corrected chi connectivity index (χ2v) is 5.53. The zero-order valence-corrected chi connectivity index (χ0v) is 12.6. The number of carbonyl (C=O) groups is 1. The molecule has 2 heterocycles. The fourth-order valence-corrected chi connectivity index (χ4v) is 2.74. The largest absolute Gasteiger partial charge is 0.323 e. The maximum Gasteiger partial charge on any atom is 0.323 e. The SMILES string of the molecule is CN1CCN(C(=O)Nc2ccccn2)[C@@H](c2ccccc2)C1. The second kappa shape index (κ2) is 6.58. The number of carbonyl (C=O) groups excluding carboxylic acids is 1. The van der Waals surface area contributed by atoms with E-state index in [0.717, 1.165) is 18.7 Å². The van der Waals surface area contributed by atoms with Crippen LogP contribution < -0.4 is 5.32 Å². The van der Waals surface area contributed by atoms with Gasteiger partial charge in [-0.2, -0.15) is 0 Å². The van der Waals surface area contributed by atoms with Crippen LogP contribution in [0.3, 0.4) is 0 Å². The standard InChI is InChI=1S/C17H20N4O/c1-20-11-12-21(15(13-20)14-7-3-2-4-8-14)17(22)19-16-9-5-6-10-18-16/h2-10,15H,11-13H2,1H3,(H,18,19,22)/t15-/m1/s1. The van der Waals surface area contributed by atoms with Crippen LogP contribution in [0.4, 0.5) is 10.6 Å². The number of piperazine rings is 1. The topological polar surface area (TPSA) is 48.5 Å². The zero-order chi connectivity index (χ0) is 15.4. The number of aromatic nitrogens is 1. The smallest absolute Gasteiger partial charge is 0.315 e. The minimum atomic E-state index is -0.0966. The fraction of sp³-hybridized carbons (Fsp3) is 0.294. The summed E-state index contributed by atoms with van der Waals surface area (Å²) in [5.41, 5.74) is 1.16. The van der Waals surface area contributed by atoms with E-state index in [-0.39, 0.29) is 12.1 Å². The van der Waals surface area contributed by atoms with Gasteiger partial charge >= 0.3 is 6.03 Å². The summed E-state index contributed by atoms with van der Waals surface area (Å²) in [5, 5.41) is 2.88. The third-order valence-electron chi connectivity index (χ3n) is 3.93. The highest BCUT2D eigenvalue weighted by Gasteiger charge is 2.30. The Labute approximate surface area is 130 Å². The van der Waals surface area contributed by atoms with Crippen molar-refractivity contribution in [1.29, 1.82) is 0 Å². The van der Waals surface area contributed by atoms with Crippen LogP contribution in [0.15, 0.2) is 54.7 Å². The first-order chi connectivity index (χ1) is 10.7. The van der Waals surface area contributed by atoms with Gasteiger partial charge in [-0.15, -0.1) is 0 Å².